The molecular weight excluding hydrogens is 440 g/mol. The Bertz CT molecular complexity index is 1000. The Labute approximate surface area is 200 Å². The second-order valence-electron chi connectivity index (χ2n) is 8.46. The van der Waals surface area contributed by atoms with Gasteiger partial charge in [-0.15, -0.1) is 0 Å². The van der Waals surface area contributed by atoms with Gasteiger partial charge in [0.1, 0.15) is 0 Å². The van der Waals surface area contributed by atoms with Crippen LogP contribution in [0.25, 0.3) is 0 Å². The van der Waals surface area contributed by atoms with E-state index in [9.17, 15) is 14.4 Å². The van der Waals surface area contributed by atoms with Crippen molar-refractivity contribution in [3.05, 3.63) is 64.2 Å². The highest BCUT2D eigenvalue weighted by Crippen LogP contribution is 2.21. The molecule has 176 valence electrons. The maximum Gasteiger partial charge on any atom is 0.238 e. The molecule has 0 spiro atoms. The number of nitrogens with zero attached hydrogens (tertiary/aromatic N) is 2. The molecule has 1 atom stereocenters. The second kappa shape index (κ2) is 11.3. The van der Waals surface area contributed by atoms with E-state index in [0.717, 1.165) is 22.4 Å². The second-order valence-corrected chi connectivity index (χ2v) is 8.90. The maximum atomic E-state index is 12.9. The highest BCUT2D eigenvalue weighted by molar-refractivity contribution is 6.30. The number of amides is 3. The Balaban J connectivity index is 1.51. The number of carbonyl (C=O) groups excluding carboxylic acids is 3. The van der Waals surface area contributed by atoms with Crippen LogP contribution in [0.5, 0.6) is 0 Å². The predicted octanol–water partition coefficient (Wildman–Crippen LogP) is 3.31. The van der Waals surface area contributed by atoms with Gasteiger partial charge in [0.25, 0.3) is 0 Å². The van der Waals surface area contributed by atoms with Crippen LogP contribution in [0.2, 0.25) is 5.02 Å². The zero-order valence-corrected chi connectivity index (χ0v) is 20.1. The third kappa shape index (κ3) is 7.04. The lowest BCUT2D eigenvalue weighted by atomic mass is 10.0. The number of aryl methyl sites for hydroxylation is 1. The summed E-state index contributed by atoms with van der Waals surface area (Å²) < 4.78 is 0. The van der Waals surface area contributed by atoms with Gasteiger partial charge in [0.15, 0.2) is 0 Å². The largest absolute Gasteiger partial charge is 0.349 e. The van der Waals surface area contributed by atoms with Crippen molar-refractivity contribution in [2.45, 2.75) is 33.2 Å². The number of benzene rings is 2. The van der Waals surface area contributed by atoms with Crippen molar-refractivity contribution in [3.63, 3.8) is 0 Å². The molecule has 3 rings (SSSR count). The molecule has 33 heavy (non-hydrogen) atoms. The lowest BCUT2D eigenvalue weighted by molar-refractivity contribution is -0.133. The first-order valence-electron chi connectivity index (χ1n) is 11.1. The summed E-state index contributed by atoms with van der Waals surface area (Å²) >= 11 is 5.96. The smallest absolute Gasteiger partial charge is 0.238 e. The molecular formula is C25H31ClN4O3. The van der Waals surface area contributed by atoms with E-state index in [1.165, 1.54) is 6.92 Å². The highest BCUT2D eigenvalue weighted by Gasteiger charge is 2.25. The number of nitrogens with one attached hydrogen (secondary N) is 2. The minimum atomic E-state index is -0.409. The van der Waals surface area contributed by atoms with E-state index in [2.05, 4.69) is 15.5 Å². The molecule has 0 aliphatic carbocycles. The molecule has 1 fully saturated rings. The van der Waals surface area contributed by atoms with E-state index < -0.39 is 6.04 Å². The lowest BCUT2D eigenvalue weighted by Crippen LogP contribution is -2.51. The zero-order valence-electron chi connectivity index (χ0n) is 19.4. The van der Waals surface area contributed by atoms with Crippen LogP contribution in [0.3, 0.4) is 0 Å². The average Bonchev–Trinajstić information content (AvgIpc) is 2.77. The van der Waals surface area contributed by atoms with Crippen molar-refractivity contribution in [3.8, 4) is 0 Å². The molecule has 1 aliphatic heterocycles. The van der Waals surface area contributed by atoms with Gasteiger partial charge in [-0.3, -0.25) is 19.3 Å². The van der Waals surface area contributed by atoms with Crippen molar-refractivity contribution in [1.82, 2.24) is 15.1 Å². The fourth-order valence-corrected chi connectivity index (χ4v) is 4.06. The lowest BCUT2D eigenvalue weighted by Gasteiger charge is -2.35. The minimum absolute atomic E-state index is 0.0248. The summed E-state index contributed by atoms with van der Waals surface area (Å²) in [6.45, 7) is 8.07. The van der Waals surface area contributed by atoms with Gasteiger partial charge in [-0.25, -0.2) is 0 Å². The molecule has 3 amide bonds. The number of carbonyl (C=O) groups is 3. The fourth-order valence-electron chi connectivity index (χ4n) is 3.93. The fraction of sp³-hybridized carbons (Fsp3) is 0.400. The van der Waals surface area contributed by atoms with Crippen molar-refractivity contribution in [2.75, 3.05) is 38.0 Å². The summed E-state index contributed by atoms with van der Waals surface area (Å²) in [6.07, 6.45) is 0.175. The Morgan fingerprint density at radius 3 is 2.30 bits per heavy atom. The van der Waals surface area contributed by atoms with Crippen molar-refractivity contribution in [1.29, 1.82) is 0 Å². The third-order valence-corrected chi connectivity index (χ3v) is 6.25. The van der Waals surface area contributed by atoms with Gasteiger partial charge in [0.2, 0.25) is 17.7 Å². The van der Waals surface area contributed by atoms with Crippen LogP contribution >= 0.6 is 11.6 Å². The van der Waals surface area contributed by atoms with Crippen LogP contribution in [-0.4, -0.2) is 60.2 Å². The number of piperazine rings is 1. The third-order valence-electron chi connectivity index (χ3n) is 6.00. The summed E-state index contributed by atoms with van der Waals surface area (Å²) in [5.41, 5.74) is 3.87. The van der Waals surface area contributed by atoms with Crippen LogP contribution in [0.15, 0.2) is 42.5 Å². The first-order valence-corrected chi connectivity index (χ1v) is 11.5. The molecule has 1 heterocycles. The Morgan fingerprint density at radius 1 is 1.00 bits per heavy atom. The summed E-state index contributed by atoms with van der Waals surface area (Å²) in [5.74, 6) is -0.275. The molecule has 0 saturated carbocycles. The van der Waals surface area contributed by atoms with Gasteiger partial charge >= 0.3 is 0 Å². The standard InChI is InChI=1S/C25H31ClN4O3/c1-17-5-4-6-22(18(17)2)28-24(32)16-29-11-13-30(14-12-29)25(33)15-23(27-19(3)31)20-7-9-21(26)10-8-20/h4-10,23H,11-16H2,1-3H3,(H,27,31)(H,28,32). The van der Waals surface area contributed by atoms with E-state index in [1.807, 2.05) is 44.2 Å². The van der Waals surface area contributed by atoms with Gasteiger partial charge in [-0.05, 0) is 48.7 Å². The molecule has 0 aromatic heterocycles. The van der Waals surface area contributed by atoms with Crippen LogP contribution in [0.1, 0.15) is 36.1 Å². The summed E-state index contributed by atoms with van der Waals surface area (Å²) in [4.78, 5) is 40.9. The van der Waals surface area contributed by atoms with E-state index in [1.54, 1.807) is 17.0 Å². The van der Waals surface area contributed by atoms with Crippen LogP contribution in [0.4, 0.5) is 5.69 Å². The van der Waals surface area contributed by atoms with E-state index in [0.29, 0.717) is 31.2 Å². The summed E-state index contributed by atoms with van der Waals surface area (Å²) in [5, 5.41) is 6.45. The van der Waals surface area contributed by atoms with E-state index in [-0.39, 0.29) is 30.7 Å². The monoisotopic (exact) mass is 470 g/mol. The maximum absolute atomic E-state index is 12.9. The van der Waals surface area contributed by atoms with Gasteiger partial charge < -0.3 is 15.5 Å². The van der Waals surface area contributed by atoms with Gasteiger partial charge in [-0.2, -0.15) is 0 Å². The van der Waals surface area contributed by atoms with Gasteiger partial charge in [-0.1, -0.05) is 35.9 Å². The first kappa shape index (κ1) is 24.7. The zero-order chi connectivity index (χ0) is 24.0. The van der Waals surface area contributed by atoms with Crippen LogP contribution in [-0.2, 0) is 14.4 Å². The molecule has 0 bridgehead atoms. The average molecular weight is 471 g/mol. The normalized spacial score (nSPS) is 15.1. The number of rotatable bonds is 7. The summed E-state index contributed by atoms with van der Waals surface area (Å²) in [7, 11) is 0. The molecule has 2 aromatic carbocycles. The summed E-state index contributed by atoms with van der Waals surface area (Å²) in [6, 6.07) is 12.6. The number of halogens is 1. The molecule has 0 radical (unpaired) electrons. The molecule has 2 aromatic rings. The first-order chi connectivity index (χ1) is 15.7. The van der Waals surface area contributed by atoms with E-state index >= 15 is 0 Å². The molecule has 8 heteroatoms. The van der Waals surface area contributed by atoms with Crippen molar-refractivity contribution < 1.29 is 14.4 Å². The number of hydrogen-bond acceptors (Lipinski definition) is 4. The molecule has 1 unspecified atom stereocenters. The SMILES string of the molecule is CC(=O)NC(CC(=O)N1CCN(CC(=O)Nc2cccc(C)c2C)CC1)c1ccc(Cl)cc1. The topological polar surface area (TPSA) is 81.8 Å². The Morgan fingerprint density at radius 2 is 1.67 bits per heavy atom. The number of anilines is 1. The molecule has 7 nitrogen and oxygen atoms in total. The van der Waals surface area contributed by atoms with Crippen molar-refractivity contribution in [2.24, 2.45) is 0 Å². The molecule has 1 aliphatic rings. The predicted molar refractivity (Wildman–Crippen MR) is 130 cm³/mol. The molecule has 1 saturated heterocycles. The van der Waals surface area contributed by atoms with Gasteiger partial charge in [0.05, 0.1) is 19.0 Å². The quantitative estimate of drug-likeness (QED) is 0.650. The van der Waals surface area contributed by atoms with E-state index in [4.69, 9.17) is 11.6 Å². The Kier molecular flexibility index (Phi) is 8.47. The van der Waals surface area contributed by atoms with Crippen LogP contribution in [0, 0.1) is 13.8 Å². The number of hydrogen-bond donors (Lipinski definition) is 2. The van der Waals surface area contributed by atoms with Crippen molar-refractivity contribution >= 4 is 35.0 Å². The van der Waals surface area contributed by atoms with Crippen LogP contribution < -0.4 is 10.6 Å². The highest BCUT2D eigenvalue weighted by atomic mass is 35.5. The molecule has 2 N–H and O–H groups in total. The minimum Gasteiger partial charge on any atom is -0.349 e. The Hall–Kier alpha value is -2.90. The van der Waals surface area contributed by atoms with Gasteiger partial charge in [0, 0.05) is 43.8 Å².